The first-order valence-corrected chi connectivity index (χ1v) is 6.28. The number of ether oxygens (including phenoxy) is 2. The van der Waals surface area contributed by atoms with Crippen molar-refractivity contribution in [3.8, 4) is 12.3 Å². The molecule has 0 spiro atoms. The summed E-state index contributed by atoms with van der Waals surface area (Å²) in [5.41, 5.74) is 0.857. The molecule has 0 aromatic carbocycles. The van der Waals surface area contributed by atoms with Gasteiger partial charge in [-0.3, -0.25) is 0 Å². The van der Waals surface area contributed by atoms with E-state index in [1.807, 2.05) is 12.2 Å². The van der Waals surface area contributed by atoms with Crippen molar-refractivity contribution in [1.82, 2.24) is 0 Å². The van der Waals surface area contributed by atoms with E-state index in [0.717, 1.165) is 24.8 Å². The second kappa shape index (κ2) is 8.10. The average molecular weight is 250 g/mol. The van der Waals surface area contributed by atoms with E-state index in [1.165, 1.54) is 0 Å². The largest absolute Gasteiger partial charge is 0.392 e. The number of terminal acetylenes is 1. The molecule has 1 rings (SSSR count). The van der Waals surface area contributed by atoms with Crippen molar-refractivity contribution in [2.24, 2.45) is 0 Å². The van der Waals surface area contributed by atoms with Crippen LogP contribution in [-0.4, -0.2) is 37.1 Å². The summed E-state index contributed by atoms with van der Waals surface area (Å²) in [7, 11) is 1.68. The molecule has 0 aromatic heterocycles. The molecule has 1 heterocycles. The van der Waals surface area contributed by atoms with Crippen LogP contribution in [0.5, 0.6) is 0 Å². The van der Waals surface area contributed by atoms with E-state index in [0.29, 0.717) is 6.42 Å². The van der Waals surface area contributed by atoms with Crippen molar-refractivity contribution in [3.63, 3.8) is 0 Å². The summed E-state index contributed by atoms with van der Waals surface area (Å²) >= 11 is 0. The summed E-state index contributed by atoms with van der Waals surface area (Å²) < 4.78 is 11.3. The van der Waals surface area contributed by atoms with Crippen LogP contribution in [0.3, 0.4) is 0 Å². The van der Waals surface area contributed by atoms with Crippen LogP contribution in [0, 0.1) is 12.3 Å². The Balaban J connectivity index is 2.43. The second-order valence-electron chi connectivity index (χ2n) is 4.51. The molecule has 0 radical (unpaired) electrons. The second-order valence-corrected chi connectivity index (χ2v) is 4.51. The minimum absolute atomic E-state index is 0.00700. The number of hydrogen-bond acceptors (Lipinski definition) is 3. The van der Waals surface area contributed by atoms with Gasteiger partial charge in [0, 0.05) is 13.5 Å². The monoisotopic (exact) mass is 250 g/mol. The smallest absolute Gasteiger partial charge is 0.101 e. The van der Waals surface area contributed by atoms with Gasteiger partial charge in [0.15, 0.2) is 0 Å². The number of aliphatic hydroxyl groups is 1. The van der Waals surface area contributed by atoms with Gasteiger partial charge in [0.2, 0.25) is 0 Å². The molecule has 100 valence electrons. The third-order valence-corrected chi connectivity index (χ3v) is 3.07. The molecular formula is C15H22O3. The van der Waals surface area contributed by atoms with Gasteiger partial charge in [0.05, 0.1) is 18.8 Å². The Hall–Kier alpha value is -1.08. The van der Waals surface area contributed by atoms with Gasteiger partial charge in [0.1, 0.15) is 6.10 Å². The standard InChI is InChI=1S/C15H22O3/c1-4-6-13-9-10-14(17-3)15(18-13)8-5-7-12(2)11-16/h1,9-10,13-16H,2,5-8,11H2,3H3/t13-,14+,15?/m1/s1. The maximum Gasteiger partial charge on any atom is 0.101 e. The van der Waals surface area contributed by atoms with Crippen molar-refractivity contribution in [2.75, 3.05) is 13.7 Å². The lowest BCUT2D eigenvalue weighted by atomic mass is 10.0. The molecule has 0 fully saturated rings. The maximum absolute atomic E-state index is 8.89. The zero-order chi connectivity index (χ0) is 13.4. The van der Waals surface area contributed by atoms with E-state index in [2.05, 4.69) is 12.5 Å². The molecule has 18 heavy (non-hydrogen) atoms. The Kier molecular flexibility index (Phi) is 6.74. The molecule has 0 saturated heterocycles. The van der Waals surface area contributed by atoms with Gasteiger partial charge in [-0.2, -0.15) is 0 Å². The zero-order valence-corrected chi connectivity index (χ0v) is 11.0. The fourth-order valence-electron chi connectivity index (χ4n) is 2.03. The van der Waals surface area contributed by atoms with Crippen LogP contribution < -0.4 is 0 Å². The molecule has 3 heteroatoms. The summed E-state index contributed by atoms with van der Waals surface area (Å²) in [6.07, 6.45) is 12.5. The summed E-state index contributed by atoms with van der Waals surface area (Å²) in [5.74, 6) is 2.61. The Morgan fingerprint density at radius 1 is 1.56 bits per heavy atom. The first kappa shape index (κ1) is 15.0. The normalized spacial score (nSPS) is 26.8. The minimum Gasteiger partial charge on any atom is -0.392 e. The maximum atomic E-state index is 8.89. The van der Waals surface area contributed by atoms with E-state index in [-0.39, 0.29) is 24.9 Å². The van der Waals surface area contributed by atoms with Crippen LogP contribution in [0.1, 0.15) is 25.7 Å². The predicted molar refractivity (Wildman–Crippen MR) is 72.1 cm³/mol. The van der Waals surface area contributed by atoms with Gasteiger partial charge in [-0.15, -0.1) is 12.3 Å². The Labute approximate surface area is 109 Å². The molecule has 0 aromatic rings. The quantitative estimate of drug-likeness (QED) is 0.555. The lowest BCUT2D eigenvalue weighted by Gasteiger charge is -2.31. The first-order valence-electron chi connectivity index (χ1n) is 6.28. The van der Waals surface area contributed by atoms with Crippen molar-refractivity contribution in [1.29, 1.82) is 0 Å². The van der Waals surface area contributed by atoms with E-state index in [1.54, 1.807) is 7.11 Å². The predicted octanol–water partition coefficient (Wildman–Crippen LogP) is 2.07. The van der Waals surface area contributed by atoms with E-state index in [9.17, 15) is 0 Å². The average Bonchev–Trinajstić information content (AvgIpc) is 2.39. The van der Waals surface area contributed by atoms with Gasteiger partial charge in [-0.05, 0) is 19.3 Å². The molecule has 3 atom stereocenters. The molecule has 0 aliphatic carbocycles. The summed E-state index contributed by atoms with van der Waals surface area (Å²) in [4.78, 5) is 0. The van der Waals surface area contributed by atoms with Crippen LogP contribution >= 0.6 is 0 Å². The van der Waals surface area contributed by atoms with E-state index in [4.69, 9.17) is 21.0 Å². The fraction of sp³-hybridized carbons (Fsp3) is 0.600. The van der Waals surface area contributed by atoms with Gasteiger partial charge in [-0.25, -0.2) is 0 Å². The van der Waals surface area contributed by atoms with Gasteiger partial charge >= 0.3 is 0 Å². The molecular weight excluding hydrogens is 228 g/mol. The Morgan fingerprint density at radius 2 is 2.33 bits per heavy atom. The molecule has 3 nitrogen and oxygen atoms in total. The lowest BCUT2D eigenvalue weighted by molar-refractivity contribution is -0.0721. The Bertz CT molecular complexity index is 327. The molecule has 0 saturated carbocycles. The van der Waals surface area contributed by atoms with E-state index < -0.39 is 0 Å². The van der Waals surface area contributed by atoms with Gasteiger partial charge in [-0.1, -0.05) is 24.3 Å². The van der Waals surface area contributed by atoms with Crippen molar-refractivity contribution in [2.45, 2.75) is 44.0 Å². The van der Waals surface area contributed by atoms with Gasteiger partial charge in [0.25, 0.3) is 0 Å². The van der Waals surface area contributed by atoms with Crippen LogP contribution in [0.2, 0.25) is 0 Å². The minimum atomic E-state index is -0.0126. The van der Waals surface area contributed by atoms with Crippen molar-refractivity contribution < 1.29 is 14.6 Å². The molecule has 1 aliphatic rings. The fourth-order valence-corrected chi connectivity index (χ4v) is 2.03. The van der Waals surface area contributed by atoms with Crippen LogP contribution in [0.4, 0.5) is 0 Å². The van der Waals surface area contributed by atoms with Crippen LogP contribution in [0.25, 0.3) is 0 Å². The third-order valence-electron chi connectivity index (χ3n) is 3.07. The highest BCUT2D eigenvalue weighted by molar-refractivity contribution is 5.06. The number of hydrogen-bond donors (Lipinski definition) is 1. The number of aliphatic hydroxyl groups excluding tert-OH is 1. The van der Waals surface area contributed by atoms with Crippen LogP contribution in [-0.2, 0) is 9.47 Å². The van der Waals surface area contributed by atoms with Crippen LogP contribution in [0.15, 0.2) is 24.3 Å². The highest BCUT2D eigenvalue weighted by atomic mass is 16.5. The van der Waals surface area contributed by atoms with Crippen molar-refractivity contribution in [3.05, 3.63) is 24.3 Å². The SMILES string of the molecule is C#CC[C@@H]1C=C[C@H](OC)C(CCCC(=C)CO)O1. The zero-order valence-electron chi connectivity index (χ0n) is 11.0. The highest BCUT2D eigenvalue weighted by Crippen LogP contribution is 2.22. The summed E-state index contributed by atoms with van der Waals surface area (Å²) in [5, 5.41) is 8.89. The third kappa shape index (κ3) is 4.66. The highest BCUT2D eigenvalue weighted by Gasteiger charge is 2.26. The lowest BCUT2D eigenvalue weighted by Crippen LogP contribution is -2.36. The molecule has 0 bridgehead atoms. The van der Waals surface area contributed by atoms with Gasteiger partial charge < -0.3 is 14.6 Å². The van der Waals surface area contributed by atoms with Crippen molar-refractivity contribution >= 4 is 0 Å². The molecule has 1 aliphatic heterocycles. The molecule has 1 unspecified atom stereocenters. The number of methoxy groups -OCH3 is 1. The summed E-state index contributed by atoms with van der Waals surface area (Å²) in [6.45, 7) is 3.83. The Morgan fingerprint density at radius 3 is 2.94 bits per heavy atom. The van der Waals surface area contributed by atoms with E-state index >= 15 is 0 Å². The first-order chi connectivity index (χ1) is 8.71. The molecule has 0 amide bonds. The molecule has 1 N–H and O–H groups in total. The summed E-state index contributed by atoms with van der Waals surface area (Å²) in [6, 6.07) is 0. The topological polar surface area (TPSA) is 38.7 Å². The number of rotatable bonds is 7.